The molecule has 4 saturated carbocycles. The quantitative estimate of drug-likeness (QED) is 0.205. The number of nitrogens with one attached hydrogen (secondary N) is 4. The van der Waals surface area contributed by atoms with Crippen molar-refractivity contribution in [3.8, 4) is 0 Å². The Bertz CT molecular complexity index is 1570. The maximum atomic E-state index is 13.5. The van der Waals surface area contributed by atoms with Crippen LogP contribution in [0.25, 0.3) is 10.9 Å². The van der Waals surface area contributed by atoms with Crippen molar-refractivity contribution in [2.45, 2.75) is 44.9 Å². The van der Waals surface area contributed by atoms with E-state index in [1.165, 1.54) is 19.3 Å². The number of fused-ring (bicyclic) bond motifs is 1. The predicted molar refractivity (Wildman–Crippen MR) is 157 cm³/mol. The third-order valence-electron chi connectivity index (χ3n) is 9.32. The zero-order valence-corrected chi connectivity index (χ0v) is 23.6. The van der Waals surface area contributed by atoms with Gasteiger partial charge in [0.15, 0.2) is 0 Å². The molecule has 6 N–H and O–H groups in total. The summed E-state index contributed by atoms with van der Waals surface area (Å²) in [5, 5.41) is 27.6. The number of aromatic amines is 1. The summed E-state index contributed by atoms with van der Waals surface area (Å²) in [6, 6.07) is 8.49. The minimum atomic E-state index is -1.33. The van der Waals surface area contributed by atoms with Gasteiger partial charge in [0, 0.05) is 42.3 Å². The number of hydrogen-bond donors (Lipinski definition) is 6. The lowest BCUT2D eigenvalue weighted by atomic mass is 9.49. The van der Waals surface area contributed by atoms with Gasteiger partial charge in [-0.2, -0.15) is 0 Å². The maximum Gasteiger partial charge on any atom is 0.335 e. The molecule has 0 unspecified atom stereocenters. The number of benzene rings is 2. The summed E-state index contributed by atoms with van der Waals surface area (Å²) in [5.41, 5.74) is 0.767. The standard InChI is InChI=1S/C32H34N4O7/c37-27(36-23-9-21(30(40)41)8-22(10-23)31(42)43)2-4-34-28(38)25-12-26-20(1-3-33-26)11-24(25)29(39)35-16-32-13-17-5-18(14-32)7-19(6-17)15-32/h1,3,8-12,17-19,33H,2,4-7,13-16H2,(H,34,38)(H,35,39)(H,36,37)(H,40,41)(H,42,43). The van der Waals surface area contributed by atoms with Crippen LogP contribution < -0.4 is 16.0 Å². The lowest BCUT2D eigenvalue weighted by molar-refractivity contribution is -0.116. The van der Waals surface area contributed by atoms with Crippen LogP contribution in [-0.2, 0) is 4.79 Å². The molecule has 4 bridgehead atoms. The minimum absolute atomic E-state index is 0.0174. The van der Waals surface area contributed by atoms with Crippen LogP contribution in [0.15, 0.2) is 42.6 Å². The van der Waals surface area contributed by atoms with Crippen molar-refractivity contribution in [1.29, 1.82) is 0 Å². The molecular weight excluding hydrogens is 552 g/mol. The Hall–Kier alpha value is -4.67. The Morgan fingerprint density at radius 1 is 0.791 bits per heavy atom. The number of anilines is 1. The number of carbonyl (C=O) groups is 5. The summed E-state index contributed by atoms with van der Waals surface area (Å²) < 4.78 is 0. The van der Waals surface area contributed by atoms with Crippen LogP contribution in [0.2, 0.25) is 0 Å². The van der Waals surface area contributed by atoms with E-state index in [9.17, 15) is 34.2 Å². The molecule has 0 aliphatic heterocycles. The van der Waals surface area contributed by atoms with Crippen molar-refractivity contribution >= 4 is 46.3 Å². The van der Waals surface area contributed by atoms with E-state index in [4.69, 9.17) is 0 Å². The Kier molecular flexibility index (Phi) is 7.41. The second-order valence-corrected chi connectivity index (χ2v) is 12.5. The lowest BCUT2D eigenvalue weighted by Gasteiger charge is -2.56. The lowest BCUT2D eigenvalue weighted by Crippen LogP contribution is -2.51. The molecule has 2 aromatic carbocycles. The van der Waals surface area contributed by atoms with Gasteiger partial charge in [-0.1, -0.05) is 0 Å². The number of aromatic nitrogens is 1. The van der Waals surface area contributed by atoms with Gasteiger partial charge < -0.3 is 31.1 Å². The van der Waals surface area contributed by atoms with E-state index in [0.29, 0.717) is 12.1 Å². The molecule has 11 heteroatoms. The summed E-state index contributed by atoms with van der Waals surface area (Å²) in [6.45, 7) is 0.542. The number of carboxylic acid groups (broad SMARTS) is 2. The van der Waals surface area contributed by atoms with Crippen LogP contribution in [0.4, 0.5) is 5.69 Å². The molecule has 0 atom stereocenters. The van der Waals surface area contributed by atoms with Crippen molar-refractivity contribution in [2.75, 3.05) is 18.4 Å². The van der Waals surface area contributed by atoms with Gasteiger partial charge in [-0.3, -0.25) is 14.4 Å². The van der Waals surface area contributed by atoms with E-state index in [2.05, 4.69) is 20.9 Å². The Balaban J connectivity index is 1.10. The van der Waals surface area contributed by atoms with Gasteiger partial charge in [0.1, 0.15) is 0 Å². The molecule has 3 aromatic rings. The van der Waals surface area contributed by atoms with E-state index in [1.807, 2.05) is 6.07 Å². The summed E-state index contributed by atoms with van der Waals surface area (Å²) in [4.78, 5) is 65.1. The highest BCUT2D eigenvalue weighted by Gasteiger charge is 2.50. The van der Waals surface area contributed by atoms with Crippen LogP contribution in [0.3, 0.4) is 0 Å². The molecule has 1 aromatic heterocycles. The Morgan fingerprint density at radius 2 is 1.37 bits per heavy atom. The molecule has 4 fully saturated rings. The molecular formula is C32H34N4O7. The molecule has 3 amide bonds. The maximum absolute atomic E-state index is 13.5. The van der Waals surface area contributed by atoms with Gasteiger partial charge in [0.05, 0.1) is 22.3 Å². The molecule has 0 saturated heterocycles. The summed E-state index contributed by atoms with van der Waals surface area (Å²) in [7, 11) is 0. The fraction of sp³-hybridized carbons (Fsp3) is 0.406. The highest BCUT2D eigenvalue weighted by atomic mass is 16.4. The number of H-pyrrole nitrogens is 1. The summed E-state index contributed by atoms with van der Waals surface area (Å²) in [6.07, 6.45) is 9.00. The first-order valence-electron chi connectivity index (χ1n) is 14.7. The van der Waals surface area contributed by atoms with Crippen molar-refractivity contribution in [3.05, 3.63) is 64.8 Å². The number of amides is 3. The fourth-order valence-electron chi connectivity index (χ4n) is 7.90. The molecule has 0 radical (unpaired) electrons. The molecule has 11 nitrogen and oxygen atoms in total. The smallest absolute Gasteiger partial charge is 0.335 e. The zero-order valence-electron chi connectivity index (χ0n) is 23.6. The van der Waals surface area contributed by atoms with Gasteiger partial charge in [-0.05, 0) is 98.1 Å². The summed E-state index contributed by atoms with van der Waals surface area (Å²) >= 11 is 0. The highest BCUT2D eigenvalue weighted by Crippen LogP contribution is 2.59. The first-order chi connectivity index (χ1) is 20.6. The van der Waals surface area contributed by atoms with E-state index in [1.54, 1.807) is 18.3 Å². The second-order valence-electron chi connectivity index (χ2n) is 12.5. The van der Waals surface area contributed by atoms with Gasteiger partial charge in [0.25, 0.3) is 11.8 Å². The van der Waals surface area contributed by atoms with E-state index in [0.717, 1.165) is 60.6 Å². The second kappa shape index (κ2) is 11.2. The van der Waals surface area contributed by atoms with Gasteiger partial charge >= 0.3 is 11.9 Å². The average molecular weight is 587 g/mol. The van der Waals surface area contributed by atoms with E-state index >= 15 is 0 Å². The summed E-state index contributed by atoms with van der Waals surface area (Å²) in [5.74, 6) is -1.73. The highest BCUT2D eigenvalue weighted by molar-refractivity contribution is 6.10. The van der Waals surface area contributed by atoms with Crippen LogP contribution in [-0.4, -0.2) is 57.9 Å². The third kappa shape index (κ3) is 5.97. The van der Waals surface area contributed by atoms with Crippen molar-refractivity contribution in [1.82, 2.24) is 15.6 Å². The van der Waals surface area contributed by atoms with E-state index in [-0.39, 0.29) is 52.2 Å². The molecule has 4 aliphatic rings. The molecule has 0 spiro atoms. The molecule has 43 heavy (non-hydrogen) atoms. The average Bonchev–Trinajstić information content (AvgIpc) is 3.42. The zero-order chi connectivity index (χ0) is 30.3. The van der Waals surface area contributed by atoms with Gasteiger partial charge in [-0.25, -0.2) is 9.59 Å². The Morgan fingerprint density at radius 3 is 1.98 bits per heavy atom. The molecule has 7 rings (SSSR count). The van der Waals surface area contributed by atoms with Gasteiger partial charge in [-0.15, -0.1) is 0 Å². The molecule has 4 aliphatic carbocycles. The normalized spacial score (nSPS) is 23.6. The van der Waals surface area contributed by atoms with Crippen LogP contribution in [0, 0.1) is 23.2 Å². The topological polar surface area (TPSA) is 178 Å². The van der Waals surface area contributed by atoms with Crippen molar-refractivity contribution in [2.24, 2.45) is 23.2 Å². The number of carboxylic acids is 2. The van der Waals surface area contributed by atoms with Crippen molar-refractivity contribution in [3.63, 3.8) is 0 Å². The van der Waals surface area contributed by atoms with Gasteiger partial charge in [0.2, 0.25) is 5.91 Å². The minimum Gasteiger partial charge on any atom is -0.478 e. The van der Waals surface area contributed by atoms with Crippen LogP contribution in [0.1, 0.15) is 86.4 Å². The SMILES string of the molecule is O=C(CCNC(=O)c1cc2[nH]ccc2cc1C(=O)NCC12CC3CC(CC(C3)C1)C2)Nc1cc(C(=O)O)cc(C(=O)O)c1. The number of carbonyl (C=O) groups excluding carboxylic acids is 3. The number of aromatic carboxylic acids is 2. The first kappa shape index (κ1) is 28.4. The monoisotopic (exact) mass is 586 g/mol. The van der Waals surface area contributed by atoms with Crippen molar-refractivity contribution < 1.29 is 34.2 Å². The molecule has 1 heterocycles. The Labute approximate surface area is 247 Å². The number of hydrogen-bond acceptors (Lipinski definition) is 5. The predicted octanol–water partition coefficient (Wildman–Crippen LogP) is 4.27. The number of rotatable bonds is 10. The van der Waals surface area contributed by atoms with Crippen LogP contribution >= 0.6 is 0 Å². The fourth-order valence-corrected chi connectivity index (χ4v) is 7.90. The van der Waals surface area contributed by atoms with E-state index < -0.39 is 23.8 Å². The van der Waals surface area contributed by atoms with Crippen LogP contribution in [0.5, 0.6) is 0 Å². The first-order valence-corrected chi connectivity index (χ1v) is 14.7. The third-order valence-corrected chi connectivity index (χ3v) is 9.32. The molecule has 224 valence electrons. The largest absolute Gasteiger partial charge is 0.478 e.